The number of nitrogens with zero attached hydrogens (tertiary/aromatic N) is 2. The van der Waals surface area contributed by atoms with Crippen LogP contribution in [0.1, 0.15) is 96.3 Å². The van der Waals surface area contributed by atoms with Gasteiger partial charge in [0, 0.05) is 49.2 Å². The van der Waals surface area contributed by atoms with Crippen LogP contribution in [0.3, 0.4) is 0 Å². The zero-order chi connectivity index (χ0) is 40.5. The van der Waals surface area contributed by atoms with Crippen molar-refractivity contribution < 1.29 is 4.39 Å². The fourth-order valence-electron chi connectivity index (χ4n) is 5.40. The standard InChI is InChI=1S/C25H32FN5.C12H18N2.C6H14.C2H4/c1-6-19(17(5)22(28)7-2)20-11-18-12-23(30-14-21(18)25(29)24(20)26)31-16(4)10-8-9-15(3)13-27;1-5-10-8-7-9-12(11(10)6-2)14(4)13-3;1-3-5-6-4-2;1-2/h6-7,11-12,14H,1,3-4,8-10,13,27-29H2,2,5H3,(H,30,31);5,7-9,13H,1,6H2,2-4H3;3-6H2,1-2H3;1-2H2/b19-17+,22-7+;;;. The zero-order valence-electron chi connectivity index (χ0n) is 33.8. The van der Waals surface area contributed by atoms with E-state index >= 15 is 4.39 Å². The van der Waals surface area contributed by atoms with Crippen LogP contribution in [-0.4, -0.2) is 25.6 Å². The van der Waals surface area contributed by atoms with Crippen molar-refractivity contribution in [2.45, 2.75) is 86.0 Å². The number of rotatable bonds is 17. The molecule has 0 saturated carbocycles. The van der Waals surface area contributed by atoms with Gasteiger partial charge >= 0.3 is 0 Å². The third-order valence-electron chi connectivity index (χ3n) is 8.66. The Hall–Kier alpha value is -4.92. The molecule has 0 fully saturated rings. The van der Waals surface area contributed by atoms with Crippen LogP contribution in [0.4, 0.5) is 21.6 Å². The summed E-state index contributed by atoms with van der Waals surface area (Å²) in [4.78, 5) is 4.36. The number of pyridine rings is 1. The lowest BCUT2D eigenvalue weighted by Crippen LogP contribution is -2.31. The second-order valence-corrected chi connectivity index (χ2v) is 12.4. The van der Waals surface area contributed by atoms with Crippen LogP contribution in [0.2, 0.25) is 0 Å². The van der Waals surface area contributed by atoms with Gasteiger partial charge < -0.3 is 27.5 Å². The molecule has 53 heavy (non-hydrogen) atoms. The van der Waals surface area contributed by atoms with E-state index in [-0.39, 0.29) is 5.69 Å². The second-order valence-electron chi connectivity index (χ2n) is 12.4. The highest BCUT2D eigenvalue weighted by Crippen LogP contribution is 2.34. The van der Waals surface area contributed by atoms with Gasteiger partial charge in [-0.15, -0.1) is 13.2 Å². The molecule has 0 aliphatic carbocycles. The number of allylic oxidation sites excluding steroid dienone is 5. The number of nitrogens with two attached hydrogens (primary N) is 3. The SMILES string of the molecule is C=C.C=C/C(=C(C)\C(N)=C/C)c1cc2cc(NC(=C)CCCC(=C)CN)ncc2c(N)c1F.C=Cc1cccc(N(C)NC)c1CC.CCCCCC. The lowest BCUT2D eigenvalue weighted by Gasteiger charge is -2.22. The maximum Gasteiger partial charge on any atom is 0.154 e. The summed E-state index contributed by atoms with van der Waals surface area (Å²) in [5, 5.41) is 6.52. The normalized spacial score (nSPS) is 11.0. The first kappa shape index (κ1) is 48.1. The largest absolute Gasteiger partial charge is 0.399 e. The summed E-state index contributed by atoms with van der Waals surface area (Å²) in [5.74, 6) is 0.0960. The summed E-state index contributed by atoms with van der Waals surface area (Å²) >= 11 is 0. The van der Waals surface area contributed by atoms with E-state index in [1.54, 1.807) is 24.4 Å². The Morgan fingerprint density at radius 1 is 1.02 bits per heavy atom. The molecule has 3 rings (SSSR count). The van der Waals surface area contributed by atoms with Crippen LogP contribution in [-0.2, 0) is 6.42 Å². The second kappa shape index (κ2) is 26.8. The van der Waals surface area contributed by atoms with Gasteiger partial charge in [0.05, 0.1) is 11.4 Å². The van der Waals surface area contributed by atoms with Crippen molar-refractivity contribution >= 4 is 39.6 Å². The Morgan fingerprint density at radius 3 is 2.17 bits per heavy atom. The Balaban J connectivity index is 0.00000101. The summed E-state index contributed by atoms with van der Waals surface area (Å²) in [6.07, 6.45) is 15.9. The molecular formula is C45H68FN7. The maximum atomic E-state index is 15.1. The summed E-state index contributed by atoms with van der Waals surface area (Å²) < 4.78 is 15.1. The van der Waals surface area contributed by atoms with Crippen LogP contribution in [0, 0.1) is 5.82 Å². The van der Waals surface area contributed by atoms with Crippen LogP contribution < -0.4 is 33.0 Å². The molecule has 290 valence electrons. The van der Waals surface area contributed by atoms with Crippen LogP contribution in [0.15, 0.2) is 111 Å². The van der Waals surface area contributed by atoms with Gasteiger partial charge in [0.1, 0.15) is 5.82 Å². The number of halogens is 1. The van der Waals surface area contributed by atoms with Gasteiger partial charge in [0.15, 0.2) is 5.82 Å². The van der Waals surface area contributed by atoms with Gasteiger partial charge in [0.25, 0.3) is 0 Å². The van der Waals surface area contributed by atoms with Gasteiger partial charge in [0.2, 0.25) is 0 Å². The number of benzene rings is 2. The van der Waals surface area contributed by atoms with Crippen molar-refractivity contribution in [3.05, 3.63) is 133 Å². The molecule has 0 radical (unpaired) electrons. The molecule has 7 nitrogen and oxygen atoms in total. The smallest absolute Gasteiger partial charge is 0.154 e. The van der Waals surface area contributed by atoms with Crippen LogP contribution >= 0.6 is 0 Å². The van der Waals surface area contributed by atoms with E-state index in [1.165, 1.54) is 42.5 Å². The Morgan fingerprint density at radius 2 is 1.66 bits per heavy atom. The molecule has 0 atom stereocenters. The number of fused-ring (bicyclic) bond motifs is 1. The van der Waals surface area contributed by atoms with Crippen molar-refractivity contribution in [2.75, 3.05) is 36.7 Å². The number of hydrazine groups is 1. The Bertz CT molecular complexity index is 1680. The molecule has 1 aromatic heterocycles. The van der Waals surface area contributed by atoms with Gasteiger partial charge in [-0.3, -0.25) is 0 Å². The number of aromatic nitrogens is 1. The number of nitrogens with one attached hydrogen (secondary N) is 2. The summed E-state index contributed by atoms with van der Waals surface area (Å²) in [6.45, 7) is 32.4. The average Bonchev–Trinajstić information content (AvgIpc) is 3.18. The fraction of sp³-hybridized carbons (Fsp3) is 0.356. The molecule has 1 heterocycles. The summed E-state index contributed by atoms with van der Waals surface area (Å²) in [6, 6.07) is 9.83. The number of hydrogen-bond donors (Lipinski definition) is 5. The number of nitrogen functional groups attached to an aromatic ring is 1. The highest BCUT2D eigenvalue weighted by atomic mass is 19.1. The molecular weight excluding hydrogens is 658 g/mol. The highest BCUT2D eigenvalue weighted by Gasteiger charge is 2.16. The molecule has 0 aliphatic rings. The highest BCUT2D eigenvalue weighted by molar-refractivity contribution is 5.98. The monoisotopic (exact) mass is 726 g/mol. The van der Waals surface area contributed by atoms with E-state index in [0.29, 0.717) is 34.6 Å². The number of hydrogen-bond acceptors (Lipinski definition) is 7. The molecule has 0 unspecified atom stereocenters. The van der Waals surface area contributed by atoms with Crippen molar-refractivity contribution in [3.63, 3.8) is 0 Å². The quantitative estimate of drug-likeness (QED) is 0.0309. The molecule has 3 aromatic rings. The fourth-order valence-corrected chi connectivity index (χ4v) is 5.40. The lowest BCUT2D eigenvalue weighted by molar-refractivity contribution is 0.630. The molecule has 8 heteroatoms. The van der Waals surface area contributed by atoms with Gasteiger partial charge in [-0.05, 0) is 85.4 Å². The molecule has 0 saturated heterocycles. The predicted octanol–water partition coefficient (Wildman–Crippen LogP) is 11.2. The van der Waals surface area contributed by atoms with E-state index in [4.69, 9.17) is 17.2 Å². The maximum absolute atomic E-state index is 15.1. The Labute approximate surface area is 321 Å². The van der Waals surface area contributed by atoms with Crippen molar-refractivity contribution in [2.24, 2.45) is 11.5 Å². The van der Waals surface area contributed by atoms with Gasteiger partial charge in [-0.2, -0.15) is 0 Å². The van der Waals surface area contributed by atoms with E-state index in [0.717, 1.165) is 47.9 Å². The number of unbranched alkanes of at least 4 members (excludes halogenated alkanes) is 3. The average molecular weight is 726 g/mol. The summed E-state index contributed by atoms with van der Waals surface area (Å²) in [5.41, 5.74) is 28.7. The van der Waals surface area contributed by atoms with Crippen LogP contribution in [0.5, 0.6) is 0 Å². The van der Waals surface area contributed by atoms with Gasteiger partial charge in [-0.25, -0.2) is 14.8 Å². The van der Waals surface area contributed by atoms with Crippen molar-refractivity contribution in [1.82, 2.24) is 10.4 Å². The van der Waals surface area contributed by atoms with Crippen LogP contribution in [0.25, 0.3) is 22.4 Å². The zero-order valence-corrected chi connectivity index (χ0v) is 33.8. The van der Waals surface area contributed by atoms with E-state index in [2.05, 4.69) is 94.2 Å². The van der Waals surface area contributed by atoms with Crippen molar-refractivity contribution in [1.29, 1.82) is 0 Å². The minimum atomic E-state index is -0.516. The predicted molar refractivity (Wildman–Crippen MR) is 236 cm³/mol. The van der Waals surface area contributed by atoms with E-state index in [9.17, 15) is 0 Å². The summed E-state index contributed by atoms with van der Waals surface area (Å²) in [7, 11) is 3.93. The molecule has 0 aliphatic heterocycles. The number of anilines is 3. The Kier molecular flexibility index (Phi) is 24.3. The third-order valence-corrected chi connectivity index (χ3v) is 8.66. The molecule has 8 N–H and O–H groups in total. The van der Waals surface area contributed by atoms with E-state index in [1.807, 2.05) is 45.1 Å². The van der Waals surface area contributed by atoms with E-state index < -0.39 is 5.82 Å². The molecule has 2 aromatic carbocycles. The first-order valence-corrected chi connectivity index (χ1v) is 18.5. The molecule has 0 amide bonds. The first-order valence-electron chi connectivity index (χ1n) is 18.5. The minimum absolute atomic E-state index is 0.0388. The first-order chi connectivity index (χ1) is 25.4. The molecule has 0 spiro atoms. The molecule has 0 bridgehead atoms. The lowest BCUT2D eigenvalue weighted by atomic mass is 9.95. The third kappa shape index (κ3) is 15.3. The minimum Gasteiger partial charge on any atom is -0.399 e. The van der Waals surface area contributed by atoms with Crippen molar-refractivity contribution in [3.8, 4) is 0 Å². The van der Waals surface area contributed by atoms with Gasteiger partial charge in [-0.1, -0.05) is 109 Å². The topological polar surface area (TPSA) is 118 Å².